The van der Waals surface area contributed by atoms with Crippen LogP contribution in [-0.2, 0) is 0 Å². The van der Waals surface area contributed by atoms with Gasteiger partial charge in [0, 0.05) is 5.56 Å². The van der Waals surface area contributed by atoms with Crippen molar-refractivity contribution in [3.63, 3.8) is 0 Å². The second-order valence-electron chi connectivity index (χ2n) is 4.06. The summed E-state index contributed by atoms with van der Waals surface area (Å²) in [6.45, 7) is 6.98. The molecule has 0 heterocycles. The molecule has 0 saturated carbocycles. The number of hydrogen-bond donors (Lipinski definition) is 0. The lowest BCUT2D eigenvalue weighted by atomic mass is 10.2. The fourth-order valence-corrected chi connectivity index (χ4v) is 5.88. The molecule has 0 fully saturated rings. The van der Waals surface area contributed by atoms with Gasteiger partial charge in [-0.3, -0.25) is 0 Å². The molecule has 0 amide bonds. The lowest BCUT2D eigenvalue weighted by Crippen LogP contribution is -2.45. The van der Waals surface area contributed by atoms with Crippen molar-refractivity contribution in [3.05, 3.63) is 29.8 Å². The topological polar surface area (TPSA) is 0 Å². The molecule has 0 bridgehead atoms. The molecule has 0 spiro atoms. The van der Waals surface area contributed by atoms with E-state index in [2.05, 4.69) is 51.0 Å². The zero-order chi connectivity index (χ0) is 11.3. The average Bonchev–Trinajstić information content (AvgIpc) is 2.33. The molecule has 1 heteroatoms. The maximum absolute atomic E-state index is 5.37. The van der Waals surface area contributed by atoms with Crippen LogP contribution in [0.2, 0.25) is 18.1 Å². The Kier molecular flexibility index (Phi) is 4.17. The van der Waals surface area contributed by atoms with Crippen LogP contribution in [0.5, 0.6) is 0 Å². The van der Waals surface area contributed by atoms with Gasteiger partial charge in [-0.15, -0.1) is 6.42 Å². The highest BCUT2D eigenvalue weighted by molar-refractivity contribution is 6.91. The molecule has 1 aromatic rings. The summed E-state index contributed by atoms with van der Waals surface area (Å²) in [6, 6.07) is 12.6. The van der Waals surface area contributed by atoms with E-state index in [1.165, 1.54) is 18.1 Å². The minimum Gasteiger partial charge on any atom is -0.115 e. The molecule has 0 aliphatic rings. The van der Waals surface area contributed by atoms with Crippen molar-refractivity contribution in [3.8, 4) is 12.3 Å². The maximum Gasteiger partial charge on any atom is 0.0859 e. The number of terminal acetylenes is 1. The Morgan fingerprint density at radius 1 is 1.00 bits per heavy atom. The second-order valence-corrected chi connectivity index (χ2v) is 9.32. The maximum atomic E-state index is 5.37. The van der Waals surface area contributed by atoms with Gasteiger partial charge in [-0.05, 0) is 12.1 Å². The molecule has 1 aromatic carbocycles. The van der Waals surface area contributed by atoms with Gasteiger partial charge in [0.05, 0.1) is 8.07 Å². The van der Waals surface area contributed by atoms with Crippen LogP contribution in [0.4, 0.5) is 0 Å². The van der Waals surface area contributed by atoms with Crippen molar-refractivity contribution in [1.29, 1.82) is 0 Å². The summed E-state index contributed by atoms with van der Waals surface area (Å²) < 4.78 is 0. The summed E-state index contributed by atoms with van der Waals surface area (Å²) >= 11 is 0. The highest BCUT2D eigenvalue weighted by Crippen LogP contribution is 2.20. The van der Waals surface area contributed by atoms with E-state index in [9.17, 15) is 0 Å². The van der Waals surface area contributed by atoms with Gasteiger partial charge in [0.25, 0.3) is 0 Å². The van der Waals surface area contributed by atoms with Gasteiger partial charge in [-0.2, -0.15) is 0 Å². The van der Waals surface area contributed by atoms with E-state index in [1.807, 2.05) is 0 Å². The average molecular weight is 216 g/mol. The fourth-order valence-electron chi connectivity index (χ4n) is 2.28. The zero-order valence-electron chi connectivity index (χ0n) is 10.0. The number of rotatable bonds is 4. The zero-order valence-corrected chi connectivity index (χ0v) is 11.0. The minimum absolute atomic E-state index is 0.991. The Balaban J connectivity index is 3.08. The standard InChI is InChI=1S/C14H20Si/c1-5-13-9-11-14(12-10-13)15(6-2,7-3)8-4/h1,9-12H,6-8H2,2-4H3. The van der Waals surface area contributed by atoms with Crippen molar-refractivity contribution in [2.24, 2.45) is 0 Å². The van der Waals surface area contributed by atoms with Crippen LogP contribution in [0.1, 0.15) is 26.3 Å². The Hall–Kier alpha value is -1.00. The van der Waals surface area contributed by atoms with Crippen molar-refractivity contribution in [1.82, 2.24) is 0 Å². The SMILES string of the molecule is C#Cc1ccc([Si](CC)(CC)CC)cc1. The van der Waals surface area contributed by atoms with Gasteiger partial charge in [-0.1, -0.05) is 62.1 Å². The summed E-state index contributed by atoms with van der Waals surface area (Å²) in [7, 11) is -1.20. The fraction of sp³-hybridized carbons (Fsp3) is 0.429. The van der Waals surface area contributed by atoms with Crippen LogP contribution in [0.25, 0.3) is 0 Å². The van der Waals surface area contributed by atoms with Crippen molar-refractivity contribution >= 4 is 13.3 Å². The number of hydrogen-bond acceptors (Lipinski definition) is 0. The van der Waals surface area contributed by atoms with Gasteiger partial charge < -0.3 is 0 Å². The molecule has 0 N–H and O–H groups in total. The lowest BCUT2D eigenvalue weighted by Gasteiger charge is -2.28. The molecular formula is C14H20Si. The molecule has 0 atom stereocenters. The summed E-state index contributed by atoms with van der Waals surface area (Å²) in [6.07, 6.45) is 5.37. The van der Waals surface area contributed by atoms with E-state index in [-0.39, 0.29) is 0 Å². The van der Waals surface area contributed by atoms with Gasteiger partial charge in [0.1, 0.15) is 0 Å². The highest BCUT2D eigenvalue weighted by Gasteiger charge is 2.28. The van der Waals surface area contributed by atoms with Crippen LogP contribution in [-0.4, -0.2) is 8.07 Å². The monoisotopic (exact) mass is 216 g/mol. The van der Waals surface area contributed by atoms with Crippen molar-refractivity contribution in [2.45, 2.75) is 38.9 Å². The van der Waals surface area contributed by atoms with E-state index in [0.29, 0.717) is 0 Å². The van der Waals surface area contributed by atoms with Crippen molar-refractivity contribution in [2.75, 3.05) is 0 Å². The van der Waals surface area contributed by atoms with E-state index in [1.54, 1.807) is 5.19 Å². The highest BCUT2D eigenvalue weighted by atomic mass is 28.3. The normalized spacial score (nSPS) is 11.1. The largest absolute Gasteiger partial charge is 0.115 e. The Bertz CT molecular complexity index is 330. The second kappa shape index (κ2) is 5.18. The third-order valence-corrected chi connectivity index (χ3v) is 9.31. The van der Waals surface area contributed by atoms with Gasteiger partial charge in [-0.25, -0.2) is 0 Å². The molecule has 80 valence electrons. The number of benzene rings is 1. The molecular weight excluding hydrogens is 196 g/mol. The Morgan fingerprint density at radius 3 is 1.80 bits per heavy atom. The van der Waals surface area contributed by atoms with Gasteiger partial charge >= 0.3 is 0 Å². The molecule has 0 aromatic heterocycles. The first-order chi connectivity index (χ1) is 7.22. The van der Waals surface area contributed by atoms with Crippen molar-refractivity contribution < 1.29 is 0 Å². The van der Waals surface area contributed by atoms with Crippen LogP contribution in [0, 0.1) is 12.3 Å². The van der Waals surface area contributed by atoms with E-state index >= 15 is 0 Å². The lowest BCUT2D eigenvalue weighted by molar-refractivity contribution is 1.19. The smallest absolute Gasteiger partial charge is 0.0859 e. The third kappa shape index (κ3) is 2.33. The molecule has 0 nitrogen and oxygen atoms in total. The Morgan fingerprint density at radius 2 is 1.47 bits per heavy atom. The van der Waals surface area contributed by atoms with E-state index < -0.39 is 8.07 Å². The van der Waals surface area contributed by atoms with Crippen LogP contribution < -0.4 is 5.19 Å². The summed E-state index contributed by atoms with van der Waals surface area (Å²) in [4.78, 5) is 0. The molecule has 0 aliphatic carbocycles. The molecule has 0 saturated heterocycles. The first kappa shape index (κ1) is 12.1. The molecule has 0 radical (unpaired) electrons. The first-order valence-corrected chi connectivity index (χ1v) is 8.41. The summed E-state index contributed by atoms with van der Waals surface area (Å²) in [5.41, 5.74) is 0.991. The summed E-state index contributed by atoms with van der Waals surface area (Å²) in [5.74, 6) is 2.68. The van der Waals surface area contributed by atoms with E-state index in [0.717, 1.165) is 5.56 Å². The molecule has 0 unspecified atom stereocenters. The van der Waals surface area contributed by atoms with Crippen LogP contribution >= 0.6 is 0 Å². The predicted octanol–water partition coefficient (Wildman–Crippen LogP) is 3.38. The van der Waals surface area contributed by atoms with Crippen LogP contribution in [0.15, 0.2) is 24.3 Å². The quantitative estimate of drug-likeness (QED) is 0.534. The molecule has 15 heavy (non-hydrogen) atoms. The molecule has 0 aliphatic heterocycles. The summed E-state index contributed by atoms with van der Waals surface area (Å²) in [5, 5.41) is 1.56. The van der Waals surface area contributed by atoms with Gasteiger partial charge in [0.2, 0.25) is 0 Å². The Labute approximate surface area is 94.7 Å². The molecule has 1 rings (SSSR count). The van der Waals surface area contributed by atoms with E-state index in [4.69, 9.17) is 6.42 Å². The first-order valence-electron chi connectivity index (χ1n) is 5.79. The predicted molar refractivity (Wildman–Crippen MR) is 71.2 cm³/mol. The van der Waals surface area contributed by atoms with Crippen LogP contribution in [0.3, 0.4) is 0 Å². The van der Waals surface area contributed by atoms with Gasteiger partial charge in [0.15, 0.2) is 0 Å². The minimum atomic E-state index is -1.20. The third-order valence-electron chi connectivity index (χ3n) is 3.69.